The monoisotopic (exact) mass is 368 g/mol. The van der Waals surface area contributed by atoms with Crippen molar-refractivity contribution in [1.29, 1.82) is 0 Å². The van der Waals surface area contributed by atoms with Crippen molar-refractivity contribution in [3.63, 3.8) is 0 Å². The number of nitro benzene ring substituents is 1. The molecule has 11 nitrogen and oxygen atoms in total. The highest BCUT2D eigenvalue weighted by Crippen LogP contribution is 2.37. The highest BCUT2D eigenvalue weighted by Gasteiger charge is 2.15. The maximum absolute atomic E-state index is 11.8. The van der Waals surface area contributed by atoms with Crippen molar-refractivity contribution in [2.45, 2.75) is 0 Å². The summed E-state index contributed by atoms with van der Waals surface area (Å²) in [6, 6.07) is 6.84. The van der Waals surface area contributed by atoms with Gasteiger partial charge in [-0.05, 0) is 18.2 Å². The molecule has 0 saturated heterocycles. The minimum atomic E-state index is -0.767. The van der Waals surface area contributed by atoms with Crippen molar-refractivity contribution < 1.29 is 19.6 Å². The molecule has 0 saturated carbocycles. The van der Waals surface area contributed by atoms with E-state index < -0.39 is 23.3 Å². The van der Waals surface area contributed by atoms with E-state index >= 15 is 0 Å². The predicted molar refractivity (Wildman–Crippen MR) is 92.7 cm³/mol. The normalized spacial score (nSPS) is 11.0. The first kappa shape index (κ1) is 17.7. The number of benzene rings is 1. The molecule has 136 valence electrons. The number of fused-ring (bicyclic) bond motifs is 1. The number of azo groups is 1. The number of nitro groups is 1. The molecule has 11 heteroatoms. The lowest BCUT2D eigenvalue weighted by Crippen LogP contribution is -2.28. The summed E-state index contributed by atoms with van der Waals surface area (Å²) < 4.78 is 0. The zero-order valence-corrected chi connectivity index (χ0v) is 13.6. The third-order valence-corrected chi connectivity index (χ3v) is 3.55. The molecule has 0 atom stereocenters. The van der Waals surface area contributed by atoms with Gasteiger partial charge in [-0.3, -0.25) is 24.7 Å². The standard InChI is InChI=1S/C16H12N6O5/c23-13(8-18-15(24)9-3-5-17-6-4-9)20-21-14-11-7-10(22(26)27)1-2-12(11)19-16(14)25/h1-7,19,25H,8H2,(H,18,24). The van der Waals surface area contributed by atoms with Gasteiger partial charge in [0.15, 0.2) is 5.69 Å². The maximum Gasteiger partial charge on any atom is 0.283 e. The molecule has 0 radical (unpaired) electrons. The lowest BCUT2D eigenvalue weighted by Gasteiger charge is -2.01. The zero-order chi connectivity index (χ0) is 19.4. The fraction of sp³-hybridized carbons (Fsp3) is 0.0625. The number of pyridine rings is 1. The molecule has 0 fully saturated rings. The van der Waals surface area contributed by atoms with E-state index in [1.807, 2.05) is 0 Å². The minimum Gasteiger partial charge on any atom is -0.493 e. The number of carbonyl (C=O) groups is 2. The van der Waals surface area contributed by atoms with E-state index in [2.05, 4.69) is 25.5 Å². The second-order valence-corrected chi connectivity index (χ2v) is 5.32. The Labute approximate surface area is 150 Å². The fourth-order valence-corrected chi connectivity index (χ4v) is 2.27. The quantitative estimate of drug-likeness (QED) is 0.355. The Morgan fingerprint density at radius 2 is 2.00 bits per heavy atom. The first-order valence-corrected chi connectivity index (χ1v) is 7.57. The van der Waals surface area contributed by atoms with E-state index in [9.17, 15) is 24.8 Å². The van der Waals surface area contributed by atoms with Crippen LogP contribution < -0.4 is 5.32 Å². The van der Waals surface area contributed by atoms with Crippen LogP contribution in [0.1, 0.15) is 10.4 Å². The van der Waals surface area contributed by atoms with Crippen LogP contribution in [0.15, 0.2) is 53.0 Å². The summed E-state index contributed by atoms with van der Waals surface area (Å²) in [5.74, 6) is -1.63. The van der Waals surface area contributed by atoms with Crippen LogP contribution in [-0.2, 0) is 4.79 Å². The predicted octanol–water partition coefficient (Wildman–Crippen LogP) is 2.22. The first-order chi connectivity index (χ1) is 13.0. The number of hydrogen-bond acceptors (Lipinski definition) is 7. The molecule has 3 N–H and O–H groups in total. The Kier molecular flexibility index (Phi) is 4.84. The summed E-state index contributed by atoms with van der Waals surface area (Å²) in [6.07, 6.45) is 2.88. The average Bonchev–Trinajstić information content (AvgIpc) is 2.99. The Balaban J connectivity index is 1.72. The number of nitrogens with one attached hydrogen (secondary N) is 2. The summed E-state index contributed by atoms with van der Waals surface area (Å²) in [7, 11) is 0. The lowest BCUT2D eigenvalue weighted by atomic mass is 10.2. The van der Waals surface area contributed by atoms with Crippen LogP contribution in [0.5, 0.6) is 5.88 Å². The molecular weight excluding hydrogens is 356 g/mol. The van der Waals surface area contributed by atoms with Crippen molar-refractivity contribution in [3.8, 4) is 5.88 Å². The van der Waals surface area contributed by atoms with Gasteiger partial charge in [-0.2, -0.15) is 0 Å². The van der Waals surface area contributed by atoms with Gasteiger partial charge >= 0.3 is 0 Å². The van der Waals surface area contributed by atoms with Gasteiger partial charge < -0.3 is 15.4 Å². The minimum absolute atomic E-state index is 0.109. The largest absolute Gasteiger partial charge is 0.493 e. The number of non-ortho nitro benzene ring substituents is 1. The van der Waals surface area contributed by atoms with Gasteiger partial charge in [0.1, 0.15) is 6.54 Å². The Morgan fingerprint density at radius 1 is 1.26 bits per heavy atom. The van der Waals surface area contributed by atoms with Crippen LogP contribution in [0, 0.1) is 10.1 Å². The van der Waals surface area contributed by atoms with E-state index in [-0.39, 0.29) is 22.6 Å². The average molecular weight is 368 g/mol. The first-order valence-electron chi connectivity index (χ1n) is 7.57. The van der Waals surface area contributed by atoms with Crippen LogP contribution in [0.2, 0.25) is 0 Å². The fourth-order valence-electron chi connectivity index (χ4n) is 2.27. The van der Waals surface area contributed by atoms with E-state index in [0.717, 1.165) is 0 Å². The molecule has 2 heterocycles. The lowest BCUT2D eigenvalue weighted by molar-refractivity contribution is -0.384. The number of rotatable bonds is 5. The molecule has 2 amide bonds. The molecule has 0 aliphatic heterocycles. The van der Waals surface area contributed by atoms with E-state index in [1.165, 1.54) is 42.7 Å². The van der Waals surface area contributed by atoms with Crippen molar-refractivity contribution in [2.24, 2.45) is 10.2 Å². The number of carbonyl (C=O) groups excluding carboxylic acids is 2. The van der Waals surface area contributed by atoms with Gasteiger partial charge in [0.05, 0.1) is 10.4 Å². The summed E-state index contributed by atoms with van der Waals surface area (Å²) in [6.45, 7) is -0.409. The van der Waals surface area contributed by atoms with Crippen LogP contribution in [0.4, 0.5) is 11.4 Å². The molecule has 0 bridgehead atoms. The molecule has 0 aliphatic carbocycles. The second kappa shape index (κ2) is 7.39. The SMILES string of the molecule is O=C(CNC(=O)c1ccncc1)N=Nc1c(O)[nH]c2ccc([N+](=O)[O-])cc12. The van der Waals surface area contributed by atoms with Crippen molar-refractivity contribution in [1.82, 2.24) is 15.3 Å². The molecule has 0 spiro atoms. The van der Waals surface area contributed by atoms with Gasteiger partial charge in [0.25, 0.3) is 17.5 Å². The molecule has 27 heavy (non-hydrogen) atoms. The number of hydrogen-bond donors (Lipinski definition) is 3. The highest BCUT2D eigenvalue weighted by molar-refractivity contribution is 5.97. The van der Waals surface area contributed by atoms with Crippen molar-refractivity contribution in [2.75, 3.05) is 6.54 Å². The van der Waals surface area contributed by atoms with Crippen LogP contribution in [-0.4, -0.2) is 38.4 Å². The highest BCUT2D eigenvalue weighted by atomic mass is 16.6. The topological polar surface area (TPSA) is 163 Å². The second-order valence-electron chi connectivity index (χ2n) is 5.32. The third-order valence-electron chi connectivity index (χ3n) is 3.55. The number of aromatic nitrogens is 2. The third kappa shape index (κ3) is 3.92. The number of amides is 2. The smallest absolute Gasteiger partial charge is 0.283 e. The van der Waals surface area contributed by atoms with Gasteiger partial charge in [-0.15, -0.1) is 10.2 Å². The van der Waals surface area contributed by atoms with Crippen molar-refractivity contribution >= 4 is 34.1 Å². The number of nitrogens with zero attached hydrogens (tertiary/aromatic N) is 4. The van der Waals surface area contributed by atoms with Crippen LogP contribution in [0.25, 0.3) is 10.9 Å². The molecule has 0 unspecified atom stereocenters. The Hall–Kier alpha value is -4.15. The number of H-pyrrole nitrogens is 1. The summed E-state index contributed by atoms with van der Waals surface area (Å²) in [5.41, 5.74) is 0.415. The molecule has 0 aliphatic rings. The summed E-state index contributed by atoms with van der Waals surface area (Å²) in [5, 5.41) is 30.4. The molecule has 2 aromatic heterocycles. The van der Waals surface area contributed by atoms with Gasteiger partial charge in [-0.25, -0.2) is 0 Å². The Bertz CT molecular complexity index is 1060. The number of aromatic amines is 1. The van der Waals surface area contributed by atoms with E-state index in [4.69, 9.17) is 0 Å². The van der Waals surface area contributed by atoms with Crippen LogP contribution >= 0.6 is 0 Å². The van der Waals surface area contributed by atoms with Crippen LogP contribution in [0.3, 0.4) is 0 Å². The van der Waals surface area contributed by atoms with Gasteiger partial charge in [0.2, 0.25) is 5.88 Å². The number of aromatic hydroxyl groups is 1. The molecule has 3 aromatic rings. The molecular formula is C16H12N6O5. The summed E-state index contributed by atoms with van der Waals surface area (Å²) >= 11 is 0. The van der Waals surface area contributed by atoms with E-state index in [1.54, 1.807) is 0 Å². The molecule has 3 rings (SSSR count). The maximum atomic E-state index is 11.8. The van der Waals surface area contributed by atoms with Gasteiger partial charge in [0, 0.05) is 35.5 Å². The van der Waals surface area contributed by atoms with Gasteiger partial charge in [-0.1, -0.05) is 0 Å². The zero-order valence-electron chi connectivity index (χ0n) is 13.6. The summed E-state index contributed by atoms with van der Waals surface area (Å²) in [4.78, 5) is 40.3. The Morgan fingerprint density at radius 3 is 2.70 bits per heavy atom. The molecule has 1 aromatic carbocycles. The van der Waals surface area contributed by atoms with Crippen molar-refractivity contribution in [3.05, 3.63) is 58.4 Å². The van der Waals surface area contributed by atoms with E-state index in [0.29, 0.717) is 11.1 Å².